The van der Waals surface area contributed by atoms with Crippen LogP contribution in [0.1, 0.15) is 45.5 Å². The zero-order valence-electron chi connectivity index (χ0n) is 21.3. The van der Waals surface area contributed by atoms with Crippen LogP contribution in [0.25, 0.3) is 0 Å². The summed E-state index contributed by atoms with van der Waals surface area (Å²) in [5.74, 6) is -1.94. The molecule has 0 aliphatic heterocycles. The Kier molecular flexibility index (Phi) is 9.19. The predicted octanol–water partition coefficient (Wildman–Crippen LogP) is 4.52. The summed E-state index contributed by atoms with van der Waals surface area (Å²) in [6.07, 6.45) is -0.265. The predicted molar refractivity (Wildman–Crippen MR) is 145 cm³/mol. The topological polar surface area (TPSA) is 112 Å². The van der Waals surface area contributed by atoms with Gasteiger partial charge in [0.15, 0.2) is 0 Å². The smallest absolute Gasteiger partial charge is 0.304 e. The molecule has 37 heavy (non-hydrogen) atoms. The molecular formula is C29H32NO6P. The number of carboxylic acid groups (broad SMARTS) is 2. The van der Waals surface area contributed by atoms with Crippen LogP contribution in [-0.4, -0.2) is 45.7 Å². The van der Waals surface area contributed by atoms with E-state index in [9.17, 15) is 18.9 Å². The maximum absolute atomic E-state index is 14.7. The van der Waals surface area contributed by atoms with Gasteiger partial charge in [0.05, 0.1) is 12.8 Å². The highest BCUT2D eigenvalue weighted by Gasteiger charge is 2.38. The minimum atomic E-state index is -3.72. The highest BCUT2D eigenvalue weighted by atomic mass is 31.2. The lowest BCUT2D eigenvalue weighted by molar-refractivity contribution is -0.137. The largest absolute Gasteiger partial charge is 0.481 e. The van der Waals surface area contributed by atoms with Crippen molar-refractivity contribution in [1.29, 1.82) is 0 Å². The SMILES string of the molecule is Cc1cc(C)c(C(=O)P(=O)(c2ccccc2)c2ccccc2)c(C)c1CN(CCC(=O)O)CCC(=O)O. The molecule has 194 valence electrons. The fourth-order valence-electron chi connectivity index (χ4n) is 4.62. The standard InChI is InChI=1S/C29H32NO6P/c1-20-18-21(2)28(22(3)25(20)19-30(16-14-26(31)32)17-15-27(33)34)29(35)37(36,23-10-6-4-7-11-23)24-12-8-5-9-13-24/h4-13,18H,14-17,19H2,1-3H3,(H,31,32)(H,33,34). The van der Waals surface area contributed by atoms with Crippen LogP contribution < -0.4 is 10.6 Å². The second kappa shape index (κ2) is 12.1. The third kappa shape index (κ3) is 6.43. The highest BCUT2D eigenvalue weighted by molar-refractivity contribution is 7.93. The molecule has 0 fully saturated rings. The van der Waals surface area contributed by atoms with Crippen molar-refractivity contribution in [3.63, 3.8) is 0 Å². The number of hydrogen-bond donors (Lipinski definition) is 2. The normalized spacial score (nSPS) is 11.5. The molecule has 2 N–H and O–H groups in total. The van der Waals surface area contributed by atoms with E-state index >= 15 is 0 Å². The molecule has 0 radical (unpaired) electrons. The van der Waals surface area contributed by atoms with Gasteiger partial charge < -0.3 is 14.8 Å². The zero-order valence-corrected chi connectivity index (χ0v) is 22.2. The molecule has 3 aromatic carbocycles. The van der Waals surface area contributed by atoms with Gasteiger partial charge in [0.1, 0.15) is 0 Å². The number of nitrogens with zero attached hydrogens (tertiary/aromatic N) is 1. The molecule has 3 aromatic rings. The van der Waals surface area contributed by atoms with Crippen molar-refractivity contribution in [1.82, 2.24) is 4.90 Å². The Morgan fingerprint density at radius 3 is 1.65 bits per heavy atom. The molecular weight excluding hydrogens is 489 g/mol. The number of carbonyl (C=O) groups excluding carboxylic acids is 1. The molecule has 0 saturated heterocycles. The first-order valence-electron chi connectivity index (χ1n) is 12.1. The summed E-state index contributed by atoms with van der Waals surface area (Å²) >= 11 is 0. The first-order valence-corrected chi connectivity index (χ1v) is 13.8. The first-order chi connectivity index (χ1) is 17.6. The number of aliphatic carboxylic acids is 2. The molecule has 0 aromatic heterocycles. The Bertz CT molecular complexity index is 1280. The van der Waals surface area contributed by atoms with Crippen molar-refractivity contribution >= 4 is 35.2 Å². The minimum absolute atomic E-state index is 0.132. The fraction of sp³-hybridized carbons (Fsp3) is 0.276. The van der Waals surface area contributed by atoms with E-state index in [1.54, 1.807) is 53.4 Å². The molecule has 0 aliphatic rings. The number of aryl methyl sites for hydroxylation is 2. The van der Waals surface area contributed by atoms with Gasteiger partial charge in [-0.2, -0.15) is 0 Å². The van der Waals surface area contributed by atoms with Gasteiger partial charge in [-0.15, -0.1) is 0 Å². The van der Waals surface area contributed by atoms with E-state index in [1.165, 1.54) is 0 Å². The Morgan fingerprint density at radius 1 is 0.757 bits per heavy atom. The molecule has 0 amide bonds. The lowest BCUT2D eigenvalue weighted by Gasteiger charge is -2.26. The van der Waals surface area contributed by atoms with Gasteiger partial charge in [0, 0.05) is 35.8 Å². The summed E-state index contributed by atoms with van der Waals surface area (Å²) < 4.78 is 14.7. The van der Waals surface area contributed by atoms with Crippen LogP contribution in [-0.2, 0) is 20.7 Å². The van der Waals surface area contributed by atoms with E-state index in [-0.39, 0.29) is 32.5 Å². The number of rotatable bonds is 12. The van der Waals surface area contributed by atoms with Crippen molar-refractivity contribution in [3.8, 4) is 0 Å². The Balaban J connectivity index is 2.11. The van der Waals surface area contributed by atoms with Crippen LogP contribution in [0.15, 0.2) is 66.7 Å². The second-order valence-electron chi connectivity index (χ2n) is 9.14. The molecule has 3 rings (SSSR count). The van der Waals surface area contributed by atoms with E-state index in [1.807, 2.05) is 39.0 Å². The second-order valence-corrected chi connectivity index (χ2v) is 11.8. The van der Waals surface area contributed by atoms with Crippen molar-refractivity contribution in [3.05, 3.63) is 94.5 Å². The van der Waals surface area contributed by atoms with Gasteiger partial charge in [0.25, 0.3) is 0 Å². The van der Waals surface area contributed by atoms with E-state index < -0.39 is 24.6 Å². The number of carbonyl (C=O) groups is 3. The van der Waals surface area contributed by atoms with Crippen molar-refractivity contribution in [2.24, 2.45) is 0 Å². The lowest BCUT2D eigenvalue weighted by atomic mass is 9.93. The maximum Gasteiger partial charge on any atom is 0.304 e. The number of benzene rings is 3. The summed E-state index contributed by atoms with van der Waals surface area (Å²) in [6.45, 7) is 6.17. The van der Waals surface area contributed by atoms with Gasteiger partial charge in [-0.25, -0.2) is 0 Å². The summed E-state index contributed by atoms with van der Waals surface area (Å²) in [5.41, 5.74) is 3.01. The molecule has 0 unspecified atom stereocenters. The summed E-state index contributed by atoms with van der Waals surface area (Å²) in [4.78, 5) is 38.4. The quantitative estimate of drug-likeness (QED) is 0.337. The number of carboxylic acids is 2. The first kappa shape index (κ1) is 28.0. The van der Waals surface area contributed by atoms with Crippen molar-refractivity contribution in [2.75, 3.05) is 13.1 Å². The molecule has 0 atom stereocenters. The van der Waals surface area contributed by atoms with Crippen molar-refractivity contribution in [2.45, 2.75) is 40.2 Å². The molecule has 0 saturated carbocycles. The Labute approximate surface area is 217 Å². The summed E-state index contributed by atoms with van der Waals surface area (Å²) in [5, 5.41) is 19.2. The van der Waals surface area contributed by atoms with Gasteiger partial charge in [-0.1, -0.05) is 66.7 Å². The molecule has 8 heteroatoms. The molecule has 7 nitrogen and oxygen atoms in total. The third-order valence-corrected chi connectivity index (χ3v) is 9.38. The zero-order chi connectivity index (χ0) is 27.2. The van der Waals surface area contributed by atoms with Gasteiger partial charge in [-0.05, 0) is 43.0 Å². The van der Waals surface area contributed by atoms with E-state index in [4.69, 9.17) is 10.2 Å². The average Bonchev–Trinajstić information content (AvgIpc) is 2.87. The Morgan fingerprint density at radius 2 is 1.22 bits per heavy atom. The maximum atomic E-state index is 14.7. The van der Waals surface area contributed by atoms with E-state index in [2.05, 4.69) is 0 Å². The van der Waals surface area contributed by atoms with Crippen LogP contribution in [0.5, 0.6) is 0 Å². The summed E-state index contributed by atoms with van der Waals surface area (Å²) in [6, 6.07) is 19.4. The lowest BCUT2D eigenvalue weighted by Crippen LogP contribution is -2.30. The van der Waals surface area contributed by atoms with Crippen LogP contribution in [0.2, 0.25) is 0 Å². The van der Waals surface area contributed by atoms with Crippen LogP contribution in [0, 0.1) is 20.8 Å². The molecule has 0 aliphatic carbocycles. The van der Waals surface area contributed by atoms with Crippen LogP contribution in [0.4, 0.5) is 0 Å². The van der Waals surface area contributed by atoms with Crippen molar-refractivity contribution < 1.29 is 29.2 Å². The van der Waals surface area contributed by atoms with E-state index in [0.717, 1.165) is 11.1 Å². The van der Waals surface area contributed by atoms with Gasteiger partial charge >= 0.3 is 11.9 Å². The van der Waals surface area contributed by atoms with Crippen LogP contribution in [0.3, 0.4) is 0 Å². The van der Waals surface area contributed by atoms with E-state index in [0.29, 0.717) is 27.3 Å². The number of hydrogen-bond acceptors (Lipinski definition) is 5. The highest BCUT2D eigenvalue weighted by Crippen LogP contribution is 2.48. The van der Waals surface area contributed by atoms with Crippen LogP contribution >= 0.6 is 7.14 Å². The van der Waals surface area contributed by atoms with Gasteiger partial charge in [0.2, 0.25) is 12.7 Å². The third-order valence-electron chi connectivity index (χ3n) is 6.54. The van der Waals surface area contributed by atoms with Gasteiger partial charge in [-0.3, -0.25) is 19.3 Å². The molecule has 0 spiro atoms. The minimum Gasteiger partial charge on any atom is -0.481 e. The monoisotopic (exact) mass is 521 g/mol. The fourth-order valence-corrected chi connectivity index (χ4v) is 7.23. The molecule has 0 heterocycles. The Hall–Kier alpha value is -3.54. The summed E-state index contributed by atoms with van der Waals surface area (Å²) in [7, 11) is -3.72. The average molecular weight is 522 g/mol. The molecule has 0 bridgehead atoms.